The molecule has 32 heavy (non-hydrogen) atoms. The molecule has 2 unspecified atom stereocenters. The molecule has 0 aromatic carbocycles. The van der Waals surface area contributed by atoms with Crippen LogP contribution in [0.5, 0.6) is 0 Å². The van der Waals surface area contributed by atoms with Crippen molar-refractivity contribution in [1.29, 1.82) is 0 Å². The number of carbonyl (C=O) groups is 1. The molecule has 1 fully saturated rings. The molecule has 3 atom stereocenters. The van der Waals surface area contributed by atoms with E-state index in [1.165, 1.54) is 44.9 Å². The molecule has 1 heterocycles. The molecule has 0 saturated carbocycles. The van der Waals surface area contributed by atoms with Gasteiger partial charge in [0.05, 0.1) is 26.6 Å². The number of phosphoric ester groups is 1. The van der Waals surface area contributed by atoms with Crippen LogP contribution in [0, 0.1) is 0 Å². The molecule has 1 aliphatic rings. The Labute approximate surface area is 237 Å². The predicted molar refractivity (Wildman–Crippen MR) is 109 cm³/mol. The van der Waals surface area contributed by atoms with Crippen LogP contribution in [0.25, 0.3) is 0 Å². The monoisotopic (exact) mass is 496 g/mol. The molecular weight excluding hydrogens is 457 g/mol. The van der Waals surface area contributed by atoms with E-state index in [4.69, 9.17) is 9.47 Å². The molecule has 0 aromatic rings. The van der Waals surface area contributed by atoms with Gasteiger partial charge in [0.25, 0.3) is 0 Å². The molecule has 1 N–H and O–H groups in total. The summed E-state index contributed by atoms with van der Waals surface area (Å²) >= 11 is 0. The van der Waals surface area contributed by atoms with Crippen LogP contribution in [0.3, 0.4) is 0 Å². The van der Waals surface area contributed by atoms with E-state index in [0.29, 0.717) is 18.6 Å². The Morgan fingerprint density at radius 3 is 1.94 bits per heavy atom. The molecule has 1 aliphatic heterocycles. The van der Waals surface area contributed by atoms with E-state index >= 15 is 0 Å². The third-order valence-corrected chi connectivity index (χ3v) is 5.73. The molecule has 0 amide bonds. The van der Waals surface area contributed by atoms with Crippen LogP contribution in [-0.2, 0) is 23.4 Å². The molecule has 0 bridgehead atoms. The third-order valence-electron chi connectivity index (χ3n) is 5.26. The second-order valence-electron chi connectivity index (χ2n) is 8.16. The molecule has 1 saturated heterocycles. The van der Waals surface area contributed by atoms with Gasteiger partial charge in [0.15, 0.2) is 0 Å². The summed E-state index contributed by atoms with van der Waals surface area (Å²) in [6, 6.07) is 0. The summed E-state index contributed by atoms with van der Waals surface area (Å²) in [4.78, 5) is 32.1. The number of epoxide rings is 1. The van der Waals surface area contributed by atoms with Crippen molar-refractivity contribution < 1.29 is 97.4 Å². The van der Waals surface area contributed by atoms with Crippen molar-refractivity contribution in [1.82, 2.24) is 0 Å². The normalized spacial score (nSPS) is 18.4. The Hall–Kier alpha value is 1.50. The van der Waals surface area contributed by atoms with Crippen molar-refractivity contribution in [3.63, 3.8) is 0 Å². The zero-order chi connectivity index (χ0) is 22.2. The quantitative estimate of drug-likeness (QED) is 0.0620. The van der Waals surface area contributed by atoms with Crippen LogP contribution in [0.1, 0.15) is 96.8 Å². The minimum atomic E-state index is -5.12. The summed E-state index contributed by atoms with van der Waals surface area (Å²) in [5.41, 5.74) is 0. The Morgan fingerprint density at radius 1 is 0.906 bits per heavy atom. The number of aliphatic hydroxyl groups is 1. The number of esters is 1. The van der Waals surface area contributed by atoms with Crippen molar-refractivity contribution >= 4 is 13.8 Å². The van der Waals surface area contributed by atoms with Gasteiger partial charge in [-0.25, -0.2) is 0 Å². The number of hydrogen-bond acceptors (Lipinski definition) is 8. The van der Waals surface area contributed by atoms with Crippen LogP contribution in [0.2, 0.25) is 0 Å². The van der Waals surface area contributed by atoms with Gasteiger partial charge in [-0.15, -0.1) is 0 Å². The van der Waals surface area contributed by atoms with Gasteiger partial charge in [-0.05, 0) is 19.3 Å². The van der Waals surface area contributed by atoms with Crippen molar-refractivity contribution in [2.45, 2.75) is 115 Å². The van der Waals surface area contributed by atoms with Crippen LogP contribution >= 0.6 is 7.82 Å². The number of phosphoric acid groups is 1. The second kappa shape index (κ2) is 21.8. The Balaban J connectivity index is 0. The van der Waals surface area contributed by atoms with Gasteiger partial charge in [-0.2, -0.15) is 0 Å². The van der Waals surface area contributed by atoms with Crippen molar-refractivity contribution in [3.05, 3.63) is 0 Å². The van der Waals surface area contributed by atoms with Gasteiger partial charge in [0, 0.05) is 6.42 Å². The SMILES string of the molecule is CCCCCCCCC1OC1CCCCCCCC(=O)OC[C@H](O)COP(=O)([O-])[O-].[Na+].[Na+]. The van der Waals surface area contributed by atoms with Gasteiger partial charge >= 0.3 is 65.1 Å². The zero-order valence-corrected chi connectivity index (χ0v) is 25.2. The van der Waals surface area contributed by atoms with Crippen LogP contribution in [0.4, 0.5) is 0 Å². The summed E-state index contributed by atoms with van der Waals surface area (Å²) in [6.45, 7) is 1.14. The number of unbranched alkanes of at least 4 members (excludes halogenated alkanes) is 9. The topological polar surface area (TPSA) is 131 Å². The van der Waals surface area contributed by atoms with Gasteiger partial charge in [0.2, 0.25) is 0 Å². The van der Waals surface area contributed by atoms with E-state index in [-0.39, 0.29) is 72.1 Å². The number of aliphatic hydroxyl groups excluding tert-OH is 1. The number of rotatable bonds is 20. The zero-order valence-electron chi connectivity index (χ0n) is 20.3. The average Bonchev–Trinajstić information content (AvgIpc) is 3.44. The van der Waals surface area contributed by atoms with Gasteiger partial charge < -0.3 is 33.5 Å². The summed E-state index contributed by atoms with van der Waals surface area (Å²) in [7, 11) is -5.12. The fourth-order valence-corrected chi connectivity index (χ4v) is 3.80. The average molecular weight is 496 g/mol. The standard InChI is InChI=1S/C21H41O8P.2Na/c1-2-3-4-5-7-10-13-19-20(29-19)14-11-8-6-9-12-15-21(23)27-16-18(22)17-28-30(24,25)26;;/h18-20,22H,2-17H2,1H3,(H2,24,25,26);;/q;2*+1/p-2/t18-,19?,20?;;/m0../s1. The van der Waals surface area contributed by atoms with Crippen molar-refractivity contribution in [2.24, 2.45) is 0 Å². The van der Waals surface area contributed by atoms with E-state index in [9.17, 15) is 24.3 Å². The number of carbonyl (C=O) groups excluding carboxylic acids is 1. The van der Waals surface area contributed by atoms with E-state index in [2.05, 4.69) is 11.4 Å². The Kier molecular flexibility index (Phi) is 24.2. The first-order chi connectivity index (χ1) is 14.3. The minimum absolute atomic E-state index is 0. The van der Waals surface area contributed by atoms with E-state index in [1.54, 1.807) is 0 Å². The first-order valence-corrected chi connectivity index (χ1v) is 12.9. The van der Waals surface area contributed by atoms with Gasteiger partial charge in [-0.3, -0.25) is 4.79 Å². The molecule has 11 heteroatoms. The Morgan fingerprint density at radius 2 is 1.41 bits per heavy atom. The maximum Gasteiger partial charge on any atom is 1.00 e. The fraction of sp³-hybridized carbons (Fsp3) is 0.952. The fourth-order valence-electron chi connectivity index (χ4n) is 3.44. The van der Waals surface area contributed by atoms with E-state index < -0.39 is 26.5 Å². The smallest absolute Gasteiger partial charge is 0.790 e. The van der Waals surface area contributed by atoms with Crippen molar-refractivity contribution in [3.8, 4) is 0 Å². The maximum atomic E-state index is 11.6. The summed E-state index contributed by atoms with van der Waals surface area (Å²) < 4.78 is 24.8. The van der Waals surface area contributed by atoms with Crippen LogP contribution in [-0.4, -0.2) is 42.6 Å². The third kappa shape index (κ3) is 22.0. The maximum absolute atomic E-state index is 11.6. The summed E-state index contributed by atoms with van der Waals surface area (Å²) in [6.07, 6.45) is 15.1. The number of hydrogen-bond donors (Lipinski definition) is 1. The molecule has 8 nitrogen and oxygen atoms in total. The number of ether oxygens (including phenoxy) is 2. The largest absolute Gasteiger partial charge is 1.00 e. The molecule has 0 spiro atoms. The van der Waals surface area contributed by atoms with Crippen LogP contribution in [0.15, 0.2) is 0 Å². The van der Waals surface area contributed by atoms with Crippen molar-refractivity contribution in [2.75, 3.05) is 13.2 Å². The molecule has 0 aromatic heterocycles. The summed E-state index contributed by atoms with van der Waals surface area (Å²) in [5, 5.41) is 9.38. The van der Waals surface area contributed by atoms with E-state index in [1.807, 2.05) is 0 Å². The minimum Gasteiger partial charge on any atom is -0.790 e. The molecular formula is C21H39Na2O8P. The predicted octanol–water partition coefficient (Wildman–Crippen LogP) is -3.01. The summed E-state index contributed by atoms with van der Waals surface area (Å²) in [5.74, 6) is -0.453. The molecule has 1 rings (SSSR count). The molecule has 0 radical (unpaired) electrons. The van der Waals surface area contributed by atoms with Gasteiger partial charge in [0.1, 0.15) is 12.7 Å². The molecule has 0 aliphatic carbocycles. The van der Waals surface area contributed by atoms with E-state index in [0.717, 1.165) is 32.1 Å². The first-order valence-electron chi connectivity index (χ1n) is 11.5. The molecule has 178 valence electrons. The van der Waals surface area contributed by atoms with Gasteiger partial charge in [-0.1, -0.05) is 71.1 Å². The second-order valence-corrected chi connectivity index (χ2v) is 9.31. The van der Waals surface area contributed by atoms with Crippen LogP contribution < -0.4 is 68.9 Å². The Bertz CT molecular complexity index is 506. The first kappa shape index (κ1) is 35.7.